The quantitative estimate of drug-likeness (QED) is 0.493. The first-order chi connectivity index (χ1) is 10.1. The molecule has 0 heterocycles. The van der Waals surface area contributed by atoms with Crippen LogP contribution in [0.4, 0.5) is 5.69 Å². The number of nitro groups is 1. The molecule has 0 bridgehead atoms. The highest BCUT2D eigenvalue weighted by Gasteiger charge is 2.17. The molecule has 0 aliphatic heterocycles. The lowest BCUT2D eigenvalue weighted by Crippen LogP contribution is -2.08. The van der Waals surface area contributed by atoms with Crippen molar-refractivity contribution in [2.24, 2.45) is 5.92 Å². The third-order valence-electron chi connectivity index (χ3n) is 3.56. The topological polar surface area (TPSA) is 89.7 Å². The summed E-state index contributed by atoms with van der Waals surface area (Å²) in [6.07, 6.45) is 6.95. The molecule has 0 aromatic heterocycles. The van der Waals surface area contributed by atoms with Crippen LogP contribution in [-0.2, 0) is 4.79 Å². The first kappa shape index (κ1) is 15.0. The Kier molecular flexibility index (Phi) is 4.92. The normalized spacial score (nSPS) is 15.4. The Balaban J connectivity index is 2.16. The number of hydrogen-bond donors (Lipinski definition) is 1. The third-order valence-corrected chi connectivity index (χ3v) is 3.56. The van der Waals surface area contributed by atoms with E-state index in [1.807, 2.05) is 0 Å². The highest BCUT2D eigenvalue weighted by molar-refractivity contribution is 5.86. The van der Waals surface area contributed by atoms with Crippen LogP contribution >= 0.6 is 0 Å². The number of carboxylic acids is 1. The lowest BCUT2D eigenvalue weighted by molar-refractivity contribution is -0.384. The molecular formula is C15H17NO5. The highest BCUT2D eigenvalue weighted by atomic mass is 16.6. The Morgan fingerprint density at radius 1 is 1.43 bits per heavy atom. The van der Waals surface area contributed by atoms with Crippen molar-refractivity contribution in [2.75, 3.05) is 6.61 Å². The lowest BCUT2D eigenvalue weighted by Gasteiger charge is -2.13. The van der Waals surface area contributed by atoms with E-state index in [1.54, 1.807) is 0 Å². The number of aliphatic carboxylic acids is 1. The molecule has 6 heteroatoms. The number of ether oxygens (including phenoxy) is 1. The van der Waals surface area contributed by atoms with Crippen LogP contribution < -0.4 is 4.74 Å². The zero-order valence-corrected chi connectivity index (χ0v) is 11.5. The molecule has 1 aromatic carbocycles. The van der Waals surface area contributed by atoms with Gasteiger partial charge in [0.15, 0.2) is 0 Å². The minimum absolute atomic E-state index is 0.0896. The number of hydrogen-bond acceptors (Lipinski definition) is 4. The standard InChI is InChI=1S/C15H17NO5/c17-15(18)8-5-12-9-13(16(19)20)6-7-14(12)21-10-11-3-1-2-4-11/h5-9,11H,1-4,10H2,(H,17,18). The molecule has 0 saturated heterocycles. The SMILES string of the molecule is O=C(O)C=Cc1cc([N+](=O)[O-])ccc1OCC1CCCC1. The van der Waals surface area contributed by atoms with E-state index in [-0.39, 0.29) is 5.69 Å². The second-order valence-corrected chi connectivity index (χ2v) is 5.11. The molecule has 1 fully saturated rings. The van der Waals surface area contributed by atoms with Gasteiger partial charge in [-0.2, -0.15) is 0 Å². The first-order valence-electron chi connectivity index (χ1n) is 6.88. The van der Waals surface area contributed by atoms with Gasteiger partial charge in [0, 0.05) is 23.8 Å². The zero-order valence-electron chi connectivity index (χ0n) is 11.5. The Morgan fingerprint density at radius 2 is 2.14 bits per heavy atom. The maximum absolute atomic E-state index is 10.8. The van der Waals surface area contributed by atoms with Crippen LogP contribution in [0, 0.1) is 16.0 Å². The summed E-state index contributed by atoms with van der Waals surface area (Å²) >= 11 is 0. The van der Waals surface area contributed by atoms with E-state index in [9.17, 15) is 14.9 Å². The van der Waals surface area contributed by atoms with Gasteiger partial charge in [0.1, 0.15) is 5.75 Å². The van der Waals surface area contributed by atoms with Gasteiger partial charge in [0.2, 0.25) is 0 Å². The van der Waals surface area contributed by atoms with Gasteiger partial charge in [0.05, 0.1) is 11.5 Å². The molecule has 0 amide bonds. The molecular weight excluding hydrogens is 274 g/mol. The van der Waals surface area contributed by atoms with Crippen LogP contribution in [0.3, 0.4) is 0 Å². The Labute approximate surface area is 122 Å². The highest BCUT2D eigenvalue weighted by Crippen LogP contribution is 2.29. The molecule has 112 valence electrons. The fraction of sp³-hybridized carbons (Fsp3) is 0.400. The Morgan fingerprint density at radius 3 is 2.76 bits per heavy atom. The largest absolute Gasteiger partial charge is 0.493 e. The number of benzene rings is 1. The molecule has 2 rings (SSSR count). The van der Waals surface area contributed by atoms with Crippen LogP contribution in [0.1, 0.15) is 31.2 Å². The average Bonchev–Trinajstić information content (AvgIpc) is 2.96. The summed E-state index contributed by atoms with van der Waals surface area (Å²) in [4.78, 5) is 20.9. The monoisotopic (exact) mass is 291 g/mol. The molecule has 0 atom stereocenters. The molecule has 6 nitrogen and oxygen atoms in total. The van der Waals surface area contributed by atoms with E-state index in [1.165, 1.54) is 37.1 Å². The summed E-state index contributed by atoms with van der Waals surface area (Å²) < 4.78 is 5.72. The van der Waals surface area contributed by atoms with Crippen LogP contribution in [0.15, 0.2) is 24.3 Å². The van der Waals surface area contributed by atoms with Gasteiger partial charge in [-0.05, 0) is 30.9 Å². The minimum Gasteiger partial charge on any atom is -0.493 e. The van der Waals surface area contributed by atoms with Gasteiger partial charge >= 0.3 is 5.97 Å². The predicted molar refractivity (Wildman–Crippen MR) is 77.2 cm³/mol. The summed E-state index contributed by atoms with van der Waals surface area (Å²) in [7, 11) is 0. The van der Waals surface area contributed by atoms with Gasteiger partial charge in [-0.3, -0.25) is 10.1 Å². The fourth-order valence-electron chi connectivity index (χ4n) is 2.46. The molecule has 1 aromatic rings. The molecule has 1 aliphatic carbocycles. The molecule has 0 unspecified atom stereocenters. The van der Waals surface area contributed by atoms with Gasteiger partial charge in [-0.1, -0.05) is 12.8 Å². The van der Waals surface area contributed by atoms with Gasteiger partial charge in [0.25, 0.3) is 5.69 Å². The number of nitro benzene ring substituents is 1. The van der Waals surface area contributed by atoms with Crippen molar-refractivity contribution in [3.05, 3.63) is 40.0 Å². The van der Waals surface area contributed by atoms with E-state index in [2.05, 4.69) is 0 Å². The zero-order chi connectivity index (χ0) is 15.2. The van der Waals surface area contributed by atoms with Crippen molar-refractivity contribution in [2.45, 2.75) is 25.7 Å². The number of nitrogens with zero attached hydrogens (tertiary/aromatic N) is 1. The Hall–Kier alpha value is -2.37. The van der Waals surface area contributed by atoms with E-state index in [0.717, 1.165) is 18.9 Å². The Bertz CT molecular complexity index is 561. The van der Waals surface area contributed by atoms with Crippen LogP contribution in [-0.4, -0.2) is 22.6 Å². The van der Waals surface area contributed by atoms with Crippen LogP contribution in [0.2, 0.25) is 0 Å². The third kappa shape index (κ3) is 4.30. The van der Waals surface area contributed by atoms with Crippen molar-refractivity contribution in [3.8, 4) is 5.75 Å². The smallest absolute Gasteiger partial charge is 0.328 e. The average molecular weight is 291 g/mol. The molecule has 1 aliphatic rings. The number of carboxylic acid groups (broad SMARTS) is 1. The van der Waals surface area contributed by atoms with E-state index in [4.69, 9.17) is 9.84 Å². The second kappa shape index (κ2) is 6.88. The summed E-state index contributed by atoms with van der Waals surface area (Å²) in [5.74, 6) is -0.121. The summed E-state index contributed by atoms with van der Waals surface area (Å²) in [6.45, 7) is 0.561. The second-order valence-electron chi connectivity index (χ2n) is 5.11. The van der Waals surface area contributed by atoms with Crippen LogP contribution in [0.25, 0.3) is 6.08 Å². The van der Waals surface area contributed by atoms with E-state index < -0.39 is 10.9 Å². The van der Waals surface area contributed by atoms with Crippen molar-refractivity contribution < 1.29 is 19.6 Å². The van der Waals surface area contributed by atoms with Gasteiger partial charge in [-0.25, -0.2) is 4.79 Å². The molecule has 0 spiro atoms. The fourth-order valence-corrected chi connectivity index (χ4v) is 2.46. The predicted octanol–water partition coefficient (Wildman–Crippen LogP) is 3.26. The van der Waals surface area contributed by atoms with Gasteiger partial charge < -0.3 is 9.84 Å². The maximum Gasteiger partial charge on any atom is 0.328 e. The number of non-ortho nitro benzene ring substituents is 1. The molecule has 0 radical (unpaired) electrons. The lowest BCUT2D eigenvalue weighted by atomic mass is 10.1. The first-order valence-corrected chi connectivity index (χ1v) is 6.88. The number of carbonyl (C=O) groups is 1. The van der Waals surface area contributed by atoms with Crippen LogP contribution in [0.5, 0.6) is 5.75 Å². The van der Waals surface area contributed by atoms with E-state index >= 15 is 0 Å². The molecule has 21 heavy (non-hydrogen) atoms. The maximum atomic E-state index is 10.8. The van der Waals surface area contributed by atoms with Crippen molar-refractivity contribution in [1.29, 1.82) is 0 Å². The van der Waals surface area contributed by atoms with Crippen molar-refractivity contribution >= 4 is 17.7 Å². The van der Waals surface area contributed by atoms with E-state index in [0.29, 0.717) is 23.8 Å². The van der Waals surface area contributed by atoms with Crippen molar-refractivity contribution in [1.82, 2.24) is 0 Å². The molecule has 1 saturated carbocycles. The summed E-state index contributed by atoms with van der Waals surface area (Å²) in [5.41, 5.74) is 0.317. The van der Waals surface area contributed by atoms with Crippen molar-refractivity contribution in [3.63, 3.8) is 0 Å². The molecule has 1 N–H and O–H groups in total. The summed E-state index contributed by atoms with van der Waals surface area (Å²) in [6, 6.07) is 4.21. The summed E-state index contributed by atoms with van der Waals surface area (Å²) in [5, 5.41) is 19.5. The number of rotatable bonds is 6. The minimum atomic E-state index is -1.11. The van der Waals surface area contributed by atoms with Gasteiger partial charge in [-0.15, -0.1) is 0 Å².